The van der Waals surface area contributed by atoms with Crippen LogP contribution < -0.4 is 4.74 Å². The molecule has 3 heteroatoms. The van der Waals surface area contributed by atoms with Crippen molar-refractivity contribution in [2.75, 3.05) is 7.11 Å². The van der Waals surface area contributed by atoms with Gasteiger partial charge < -0.3 is 9.84 Å². The Morgan fingerprint density at radius 2 is 1.88 bits per heavy atom. The van der Waals surface area contributed by atoms with Gasteiger partial charge in [-0.1, -0.05) is 23.7 Å². The average Bonchev–Trinajstić information content (AvgIpc) is 2.28. The Morgan fingerprint density at radius 1 is 1.12 bits per heavy atom. The zero-order valence-corrected chi connectivity index (χ0v) is 10.5. The first-order chi connectivity index (χ1) is 8.10. The maximum absolute atomic E-state index is 9.61. The minimum Gasteiger partial charge on any atom is -0.508 e. The lowest BCUT2D eigenvalue weighted by Gasteiger charge is -2.08. The summed E-state index contributed by atoms with van der Waals surface area (Å²) in [7, 11) is 1.56. The van der Waals surface area contributed by atoms with E-state index >= 15 is 0 Å². The summed E-state index contributed by atoms with van der Waals surface area (Å²) in [4.78, 5) is 0. The molecule has 88 valence electrons. The van der Waals surface area contributed by atoms with Gasteiger partial charge in [-0.3, -0.25) is 0 Å². The second kappa shape index (κ2) is 4.68. The van der Waals surface area contributed by atoms with Crippen molar-refractivity contribution < 1.29 is 9.84 Å². The molecule has 2 aromatic rings. The molecule has 0 aliphatic carbocycles. The average molecular weight is 249 g/mol. The number of benzene rings is 2. The van der Waals surface area contributed by atoms with Gasteiger partial charge in [0.1, 0.15) is 11.5 Å². The fraction of sp³-hybridized carbons (Fsp3) is 0.143. The molecule has 2 rings (SSSR count). The highest BCUT2D eigenvalue weighted by atomic mass is 35.5. The van der Waals surface area contributed by atoms with Gasteiger partial charge in [0, 0.05) is 16.7 Å². The molecule has 1 N–H and O–H groups in total. The van der Waals surface area contributed by atoms with Gasteiger partial charge in [-0.15, -0.1) is 0 Å². The summed E-state index contributed by atoms with van der Waals surface area (Å²) in [5.74, 6) is 0.771. The molecule has 17 heavy (non-hydrogen) atoms. The van der Waals surface area contributed by atoms with Crippen LogP contribution in [0.25, 0.3) is 11.1 Å². The second-order valence-electron chi connectivity index (χ2n) is 3.90. The number of hydrogen-bond acceptors (Lipinski definition) is 2. The number of hydrogen-bond donors (Lipinski definition) is 1. The third kappa shape index (κ3) is 2.53. The molecule has 0 fully saturated rings. The molecule has 0 heterocycles. The lowest BCUT2D eigenvalue weighted by molar-refractivity contribution is 0.408. The Labute approximate surface area is 105 Å². The Hall–Kier alpha value is -1.67. The van der Waals surface area contributed by atoms with E-state index in [4.69, 9.17) is 16.3 Å². The van der Waals surface area contributed by atoms with E-state index in [9.17, 15) is 5.11 Å². The van der Waals surface area contributed by atoms with Gasteiger partial charge in [-0.25, -0.2) is 0 Å². The number of rotatable bonds is 2. The number of ether oxygens (including phenoxy) is 1. The van der Waals surface area contributed by atoms with E-state index in [0.29, 0.717) is 10.8 Å². The molecule has 0 amide bonds. The van der Waals surface area contributed by atoms with E-state index in [1.807, 2.05) is 31.2 Å². The van der Waals surface area contributed by atoms with Crippen molar-refractivity contribution in [1.29, 1.82) is 0 Å². The highest BCUT2D eigenvalue weighted by Gasteiger charge is 2.07. The van der Waals surface area contributed by atoms with Gasteiger partial charge in [0.05, 0.1) is 7.11 Å². The minimum absolute atomic E-state index is 0.163. The van der Waals surface area contributed by atoms with Gasteiger partial charge in [0.15, 0.2) is 0 Å². The Morgan fingerprint density at radius 3 is 2.53 bits per heavy atom. The first kappa shape index (κ1) is 11.8. The molecule has 0 saturated heterocycles. The molecule has 0 saturated carbocycles. The summed E-state index contributed by atoms with van der Waals surface area (Å²) in [5.41, 5.74) is 2.82. The van der Waals surface area contributed by atoms with Gasteiger partial charge in [0.25, 0.3) is 0 Å². The van der Waals surface area contributed by atoms with Crippen LogP contribution in [0.3, 0.4) is 0 Å². The molecule has 2 aromatic carbocycles. The molecular weight excluding hydrogens is 236 g/mol. The van der Waals surface area contributed by atoms with Crippen LogP contribution in [0.4, 0.5) is 0 Å². The maximum Gasteiger partial charge on any atom is 0.123 e. The smallest absolute Gasteiger partial charge is 0.123 e. The molecule has 0 aromatic heterocycles. The van der Waals surface area contributed by atoms with Crippen molar-refractivity contribution in [3.05, 3.63) is 47.0 Å². The van der Waals surface area contributed by atoms with Gasteiger partial charge >= 0.3 is 0 Å². The number of methoxy groups -OCH3 is 1. The van der Waals surface area contributed by atoms with Gasteiger partial charge in [-0.2, -0.15) is 0 Å². The van der Waals surface area contributed by atoms with E-state index in [-0.39, 0.29) is 5.75 Å². The van der Waals surface area contributed by atoms with Crippen LogP contribution in [0.15, 0.2) is 36.4 Å². The number of phenols is 1. The van der Waals surface area contributed by atoms with E-state index in [1.165, 1.54) is 0 Å². The molecule has 0 aliphatic rings. The van der Waals surface area contributed by atoms with E-state index < -0.39 is 0 Å². The fourth-order valence-electron chi connectivity index (χ4n) is 1.71. The molecule has 0 spiro atoms. The van der Waals surface area contributed by atoms with Crippen molar-refractivity contribution in [3.63, 3.8) is 0 Å². The Kier molecular flexibility index (Phi) is 3.25. The zero-order valence-electron chi connectivity index (χ0n) is 9.70. The van der Waals surface area contributed by atoms with Crippen molar-refractivity contribution in [2.24, 2.45) is 0 Å². The van der Waals surface area contributed by atoms with Crippen LogP contribution in [0.2, 0.25) is 5.02 Å². The highest BCUT2D eigenvalue weighted by molar-refractivity contribution is 6.33. The maximum atomic E-state index is 9.61. The molecule has 0 unspecified atom stereocenters. The zero-order chi connectivity index (χ0) is 12.4. The first-order valence-corrected chi connectivity index (χ1v) is 5.62. The normalized spacial score (nSPS) is 10.3. The summed E-state index contributed by atoms with van der Waals surface area (Å²) in [5, 5.41) is 10.3. The third-order valence-corrected chi connectivity index (χ3v) is 2.88. The quantitative estimate of drug-likeness (QED) is 0.870. The molecule has 0 aliphatic heterocycles. The number of aryl methyl sites for hydroxylation is 1. The topological polar surface area (TPSA) is 29.5 Å². The summed E-state index contributed by atoms with van der Waals surface area (Å²) in [6.45, 7) is 1.98. The van der Waals surface area contributed by atoms with Crippen LogP contribution in [-0.2, 0) is 0 Å². The molecule has 2 nitrogen and oxygen atoms in total. The Bertz CT molecular complexity index is 550. The number of halogens is 1. The molecule has 0 radical (unpaired) electrons. The standard InChI is InChI=1S/C14H13ClO2/c1-9-3-4-13(14(15)5-9)10-6-11(16)8-12(7-10)17-2/h3-8,16H,1-2H3. The number of phenolic OH excluding ortho intramolecular Hbond substituents is 1. The van der Waals surface area contributed by atoms with E-state index in [1.54, 1.807) is 19.2 Å². The third-order valence-electron chi connectivity index (χ3n) is 2.56. The summed E-state index contributed by atoms with van der Waals surface area (Å²) in [6.07, 6.45) is 0. The van der Waals surface area contributed by atoms with Crippen molar-refractivity contribution in [1.82, 2.24) is 0 Å². The molecule has 0 bridgehead atoms. The lowest BCUT2D eigenvalue weighted by atomic mass is 10.0. The lowest BCUT2D eigenvalue weighted by Crippen LogP contribution is -1.86. The van der Waals surface area contributed by atoms with Crippen LogP contribution in [0.5, 0.6) is 11.5 Å². The molecular formula is C14H13ClO2. The van der Waals surface area contributed by atoms with Gasteiger partial charge in [-0.05, 0) is 36.2 Å². The number of aromatic hydroxyl groups is 1. The summed E-state index contributed by atoms with van der Waals surface area (Å²) in [6, 6.07) is 10.9. The van der Waals surface area contributed by atoms with E-state index in [0.717, 1.165) is 16.7 Å². The van der Waals surface area contributed by atoms with Gasteiger partial charge in [0.2, 0.25) is 0 Å². The minimum atomic E-state index is 0.163. The highest BCUT2D eigenvalue weighted by Crippen LogP contribution is 2.33. The van der Waals surface area contributed by atoms with Crippen molar-refractivity contribution >= 4 is 11.6 Å². The SMILES string of the molecule is COc1cc(O)cc(-c2ccc(C)cc2Cl)c1. The van der Waals surface area contributed by atoms with Crippen molar-refractivity contribution in [3.8, 4) is 22.6 Å². The van der Waals surface area contributed by atoms with Crippen molar-refractivity contribution in [2.45, 2.75) is 6.92 Å². The summed E-state index contributed by atoms with van der Waals surface area (Å²) >= 11 is 6.19. The summed E-state index contributed by atoms with van der Waals surface area (Å²) < 4.78 is 5.12. The largest absolute Gasteiger partial charge is 0.508 e. The monoisotopic (exact) mass is 248 g/mol. The predicted octanol–water partition coefficient (Wildman–Crippen LogP) is 4.03. The molecule has 0 atom stereocenters. The fourth-order valence-corrected chi connectivity index (χ4v) is 2.06. The van der Waals surface area contributed by atoms with E-state index in [2.05, 4.69) is 0 Å². The Balaban J connectivity index is 2.55. The predicted molar refractivity (Wildman–Crippen MR) is 69.8 cm³/mol. The van der Waals surface area contributed by atoms with Crippen LogP contribution in [0, 0.1) is 6.92 Å². The van der Waals surface area contributed by atoms with Crippen LogP contribution in [-0.4, -0.2) is 12.2 Å². The van der Waals surface area contributed by atoms with Crippen LogP contribution >= 0.6 is 11.6 Å². The van der Waals surface area contributed by atoms with Crippen LogP contribution in [0.1, 0.15) is 5.56 Å². The first-order valence-electron chi connectivity index (χ1n) is 5.25. The second-order valence-corrected chi connectivity index (χ2v) is 4.31.